The topological polar surface area (TPSA) is 80.9 Å². The van der Waals surface area contributed by atoms with E-state index in [9.17, 15) is 20.4 Å². The van der Waals surface area contributed by atoms with Gasteiger partial charge in [-0.1, -0.05) is 72.8 Å². The van der Waals surface area contributed by atoms with Crippen molar-refractivity contribution in [3.63, 3.8) is 0 Å². The molecule has 0 radical (unpaired) electrons. The minimum atomic E-state index is -0.0244. The normalized spacial score (nSPS) is 10.9. The van der Waals surface area contributed by atoms with E-state index in [1.165, 1.54) is 0 Å². The van der Waals surface area contributed by atoms with Gasteiger partial charge in [0.2, 0.25) is 0 Å². The lowest BCUT2D eigenvalue weighted by Crippen LogP contribution is -1.86. The molecular formula is C26H22O4. The van der Waals surface area contributed by atoms with Gasteiger partial charge >= 0.3 is 0 Å². The number of hydrogen-bond acceptors (Lipinski definition) is 4. The lowest BCUT2D eigenvalue weighted by Gasteiger charge is -2.10. The zero-order valence-corrected chi connectivity index (χ0v) is 16.7. The van der Waals surface area contributed by atoms with Gasteiger partial charge in [0, 0.05) is 26.9 Å². The molecule has 0 fully saturated rings. The average Bonchev–Trinajstić information content (AvgIpc) is 2.80. The maximum absolute atomic E-state index is 10.1. The van der Waals surface area contributed by atoms with Crippen molar-refractivity contribution in [2.45, 2.75) is 13.8 Å². The Kier molecular flexibility index (Phi) is 4.84. The molecule has 0 aliphatic heterocycles. The zero-order valence-electron chi connectivity index (χ0n) is 16.7. The Morgan fingerprint density at radius 1 is 0.367 bits per heavy atom. The monoisotopic (exact) mass is 398 g/mol. The van der Waals surface area contributed by atoms with Crippen LogP contribution in [-0.4, -0.2) is 20.4 Å². The number of phenolic OH excluding ortho intramolecular Hbond substituents is 4. The quantitative estimate of drug-likeness (QED) is 0.141. The van der Waals surface area contributed by atoms with Crippen molar-refractivity contribution in [2.75, 3.05) is 0 Å². The van der Waals surface area contributed by atoms with Gasteiger partial charge in [-0.25, -0.2) is 0 Å². The molecular weight excluding hydrogens is 376 g/mol. The van der Waals surface area contributed by atoms with Crippen LogP contribution in [0.2, 0.25) is 0 Å². The first-order chi connectivity index (χ1) is 14.4. The van der Waals surface area contributed by atoms with E-state index in [1.54, 1.807) is 37.3 Å². The van der Waals surface area contributed by atoms with E-state index < -0.39 is 0 Å². The van der Waals surface area contributed by atoms with Crippen molar-refractivity contribution in [1.82, 2.24) is 0 Å². The SMILES string of the molecule is Cc1c(O)c(O)c2ccccc2c1C.Oc1c2ccccc2c(O)c2ccccc12. The van der Waals surface area contributed by atoms with Gasteiger partial charge < -0.3 is 20.4 Å². The predicted octanol–water partition coefficient (Wildman–Crippen LogP) is 6.27. The van der Waals surface area contributed by atoms with Crippen LogP contribution in [-0.2, 0) is 0 Å². The molecule has 0 bridgehead atoms. The summed E-state index contributed by atoms with van der Waals surface area (Å²) in [5.41, 5.74) is 1.75. The number of rotatable bonds is 0. The van der Waals surface area contributed by atoms with Crippen LogP contribution in [0, 0.1) is 13.8 Å². The third-order valence-electron chi connectivity index (χ3n) is 5.60. The van der Waals surface area contributed by atoms with Gasteiger partial charge in [-0.15, -0.1) is 0 Å². The Morgan fingerprint density at radius 2 is 0.667 bits per heavy atom. The molecule has 0 unspecified atom stereocenters. The van der Waals surface area contributed by atoms with E-state index in [0.717, 1.165) is 16.5 Å². The number of aromatic hydroxyl groups is 4. The maximum atomic E-state index is 10.1. The zero-order chi connectivity index (χ0) is 21.4. The highest BCUT2D eigenvalue weighted by molar-refractivity contribution is 6.10. The van der Waals surface area contributed by atoms with Gasteiger partial charge in [-0.2, -0.15) is 0 Å². The average molecular weight is 398 g/mol. The second kappa shape index (κ2) is 7.48. The number of phenols is 4. The van der Waals surface area contributed by atoms with Crippen molar-refractivity contribution >= 4 is 32.3 Å². The van der Waals surface area contributed by atoms with Crippen molar-refractivity contribution in [3.05, 3.63) is 83.9 Å². The second-order valence-corrected chi connectivity index (χ2v) is 7.28. The van der Waals surface area contributed by atoms with E-state index >= 15 is 0 Å². The summed E-state index contributed by atoms with van der Waals surface area (Å²) in [4.78, 5) is 0. The van der Waals surface area contributed by atoms with Crippen LogP contribution in [0.15, 0.2) is 72.8 Å². The lowest BCUT2D eigenvalue weighted by molar-refractivity contribution is 0.405. The summed E-state index contributed by atoms with van der Waals surface area (Å²) in [5, 5.41) is 44.0. The van der Waals surface area contributed by atoms with Crippen molar-refractivity contribution in [1.29, 1.82) is 0 Å². The number of hydrogen-bond donors (Lipinski definition) is 4. The van der Waals surface area contributed by atoms with Gasteiger partial charge in [-0.05, 0) is 30.4 Å². The van der Waals surface area contributed by atoms with Crippen molar-refractivity contribution in [3.8, 4) is 23.0 Å². The number of benzene rings is 5. The van der Waals surface area contributed by atoms with Crippen molar-refractivity contribution in [2.24, 2.45) is 0 Å². The molecule has 0 atom stereocenters. The molecule has 4 heteroatoms. The summed E-state index contributed by atoms with van der Waals surface area (Å²) in [7, 11) is 0. The molecule has 30 heavy (non-hydrogen) atoms. The fourth-order valence-corrected chi connectivity index (χ4v) is 3.78. The van der Waals surface area contributed by atoms with Crippen LogP contribution < -0.4 is 0 Å². The fraction of sp³-hybridized carbons (Fsp3) is 0.0769. The molecule has 0 spiro atoms. The van der Waals surface area contributed by atoms with Gasteiger partial charge in [0.15, 0.2) is 11.5 Å². The highest BCUT2D eigenvalue weighted by Crippen LogP contribution is 2.41. The molecule has 4 nitrogen and oxygen atoms in total. The molecule has 5 aromatic carbocycles. The molecule has 0 aliphatic carbocycles. The molecule has 0 aliphatic rings. The summed E-state index contributed by atoms with van der Waals surface area (Å²) in [6.07, 6.45) is 0. The first kappa shape index (κ1) is 19.4. The Balaban J connectivity index is 0.000000147. The van der Waals surface area contributed by atoms with Crippen LogP contribution in [0.5, 0.6) is 23.0 Å². The lowest BCUT2D eigenvalue weighted by atomic mass is 9.99. The number of aryl methyl sites for hydroxylation is 1. The molecule has 5 aromatic rings. The van der Waals surface area contributed by atoms with Crippen LogP contribution in [0.4, 0.5) is 0 Å². The highest BCUT2D eigenvalue weighted by atomic mass is 16.3. The van der Waals surface area contributed by atoms with E-state index in [-0.39, 0.29) is 23.0 Å². The van der Waals surface area contributed by atoms with Crippen LogP contribution >= 0.6 is 0 Å². The van der Waals surface area contributed by atoms with Crippen LogP contribution in [0.1, 0.15) is 11.1 Å². The molecule has 0 saturated heterocycles. The molecule has 150 valence electrons. The standard InChI is InChI=1S/C14H10O2.C12H12O2/c15-13-9-5-1-2-6-10(9)14(16)12-8-4-3-7-11(12)13;1-7-8(2)11(13)12(14)10-6-4-3-5-9(7)10/h1-8,15-16H;3-6,13-14H,1-2H3. The van der Waals surface area contributed by atoms with E-state index in [2.05, 4.69) is 0 Å². The minimum Gasteiger partial charge on any atom is -0.507 e. The molecule has 0 amide bonds. The molecule has 5 rings (SSSR count). The van der Waals surface area contributed by atoms with E-state index in [4.69, 9.17) is 0 Å². The van der Waals surface area contributed by atoms with Crippen LogP contribution in [0.3, 0.4) is 0 Å². The summed E-state index contributed by atoms with van der Waals surface area (Å²) >= 11 is 0. The summed E-state index contributed by atoms with van der Waals surface area (Å²) in [6, 6.07) is 22.1. The summed E-state index contributed by atoms with van der Waals surface area (Å²) in [6.45, 7) is 3.74. The molecule has 0 aromatic heterocycles. The minimum absolute atomic E-state index is 0.0128. The first-order valence-electron chi connectivity index (χ1n) is 9.63. The Hall–Kier alpha value is -3.92. The predicted molar refractivity (Wildman–Crippen MR) is 122 cm³/mol. The van der Waals surface area contributed by atoms with Gasteiger partial charge in [0.1, 0.15) is 11.5 Å². The molecule has 0 heterocycles. The second-order valence-electron chi connectivity index (χ2n) is 7.28. The van der Waals surface area contributed by atoms with Gasteiger partial charge in [-0.3, -0.25) is 0 Å². The molecule has 0 saturated carbocycles. The maximum Gasteiger partial charge on any atom is 0.165 e. The molecule has 4 N–H and O–H groups in total. The Bertz CT molecular complexity index is 1240. The number of fused-ring (bicyclic) bond motifs is 3. The summed E-state index contributed by atoms with van der Waals surface area (Å²) in [5.74, 6) is 0.415. The summed E-state index contributed by atoms with van der Waals surface area (Å²) < 4.78 is 0. The largest absolute Gasteiger partial charge is 0.507 e. The third-order valence-corrected chi connectivity index (χ3v) is 5.60. The van der Waals surface area contributed by atoms with Gasteiger partial charge in [0.25, 0.3) is 0 Å². The smallest absolute Gasteiger partial charge is 0.165 e. The Labute approximate surface area is 173 Å². The highest BCUT2D eigenvalue weighted by Gasteiger charge is 2.12. The van der Waals surface area contributed by atoms with Gasteiger partial charge in [0.05, 0.1) is 0 Å². The van der Waals surface area contributed by atoms with E-state index in [0.29, 0.717) is 26.9 Å². The Morgan fingerprint density at radius 3 is 1.03 bits per heavy atom. The first-order valence-corrected chi connectivity index (χ1v) is 9.63. The van der Waals surface area contributed by atoms with E-state index in [1.807, 2.05) is 49.4 Å². The third kappa shape index (κ3) is 3.03. The van der Waals surface area contributed by atoms with Crippen molar-refractivity contribution < 1.29 is 20.4 Å². The van der Waals surface area contributed by atoms with Crippen LogP contribution in [0.25, 0.3) is 32.3 Å². The fourth-order valence-electron chi connectivity index (χ4n) is 3.78.